The molecule has 2 atom stereocenters. The molecule has 0 amide bonds. The number of hydrogen-bond acceptors (Lipinski definition) is 3. The smallest absolute Gasteiger partial charge is 0.215 e. The van der Waals surface area contributed by atoms with Crippen molar-refractivity contribution in [1.82, 2.24) is 10.0 Å². The SMILES string of the molecule is CCCCC(CC)CNS(=O)(=O)C1CCNC1. The van der Waals surface area contributed by atoms with Crippen LogP contribution in [0.25, 0.3) is 0 Å². The van der Waals surface area contributed by atoms with Crippen LogP contribution in [-0.2, 0) is 10.0 Å². The Labute approximate surface area is 106 Å². The van der Waals surface area contributed by atoms with Crippen LogP contribution >= 0.6 is 0 Å². The largest absolute Gasteiger partial charge is 0.315 e. The molecule has 1 fully saturated rings. The monoisotopic (exact) mass is 262 g/mol. The zero-order valence-electron chi connectivity index (χ0n) is 11.0. The molecule has 0 aromatic carbocycles. The summed E-state index contributed by atoms with van der Waals surface area (Å²) in [4.78, 5) is 0. The van der Waals surface area contributed by atoms with Gasteiger partial charge in [0.05, 0.1) is 5.25 Å². The van der Waals surface area contributed by atoms with Gasteiger partial charge in [-0.15, -0.1) is 0 Å². The maximum atomic E-state index is 12.0. The van der Waals surface area contributed by atoms with E-state index >= 15 is 0 Å². The average molecular weight is 262 g/mol. The minimum Gasteiger partial charge on any atom is -0.315 e. The Bertz CT molecular complexity index is 298. The van der Waals surface area contributed by atoms with Crippen molar-refractivity contribution in [3.8, 4) is 0 Å². The van der Waals surface area contributed by atoms with Gasteiger partial charge in [-0.1, -0.05) is 33.1 Å². The molecule has 1 saturated heterocycles. The van der Waals surface area contributed by atoms with Crippen molar-refractivity contribution in [3.63, 3.8) is 0 Å². The third kappa shape index (κ3) is 4.94. The summed E-state index contributed by atoms with van der Waals surface area (Å²) in [6, 6.07) is 0. The van der Waals surface area contributed by atoms with Gasteiger partial charge in [-0.2, -0.15) is 0 Å². The summed E-state index contributed by atoms with van der Waals surface area (Å²) in [5.41, 5.74) is 0. The Hall–Kier alpha value is -0.130. The Balaban J connectivity index is 2.36. The van der Waals surface area contributed by atoms with Gasteiger partial charge in [-0.05, 0) is 25.3 Å². The number of unbranched alkanes of at least 4 members (excludes halogenated alkanes) is 1. The van der Waals surface area contributed by atoms with Crippen LogP contribution in [0, 0.1) is 5.92 Å². The molecular weight excluding hydrogens is 236 g/mol. The van der Waals surface area contributed by atoms with Crippen molar-refractivity contribution >= 4 is 10.0 Å². The van der Waals surface area contributed by atoms with Gasteiger partial charge in [0.2, 0.25) is 10.0 Å². The van der Waals surface area contributed by atoms with E-state index < -0.39 is 10.0 Å². The highest BCUT2D eigenvalue weighted by atomic mass is 32.2. The van der Waals surface area contributed by atoms with Crippen molar-refractivity contribution in [2.45, 2.75) is 51.2 Å². The van der Waals surface area contributed by atoms with Crippen LogP contribution in [0.5, 0.6) is 0 Å². The summed E-state index contributed by atoms with van der Waals surface area (Å²) in [6.07, 6.45) is 5.27. The predicted octanol–water partition coefficient (Wildman–Crippen LogP) is 1.48. The second-order valence-electron chi connectivity index (χ2n) is 4.92. The van der Waals surface area contributed by atoms with Gasteiger partial charge < -0.3 is 5.32 Å². The fourth-order valence-electron chi connectivity index (χ4n) is 2.19. The van der Waals surface area contributed by atoms with E-state index in [9.17, 15) is 8.42 Å². The van der Waals surface area contributed by atoms with E-state index in [1.807, 2.05) is 0 Å². The molecule has 1 aliphatic rings. The van der Waals surface area contributed by atoms with Crippen LogP contribution in [0.4, 0.5) is 0 Å². The van der Waals surface area contributed by atoms with E-state index in [1.54, 1.807) is 0 Å². The van der Waals surface area contributed by atoms with Crippen LogP contribution in [-0.4, -0.2) is 33.3 Å². The summed E-state index contributed by atoms with van der Waals surface area (Å²) in [5, 5.41) is 2.86. The molecule has 0 aromatic rings. The quantitative estimate of drug-likeness (QED) is 0.696. The molecule has 0 spiro atoms. The fraction of sp³-hybridized carbons (Fsp3) is 1.00. The Kier molecular flexibility index (Phi) is 6.44. The summed E-state index contributed by atoms with van der Waals surface area (Å²) in [7, 11) is -3.10. The molecule has 102 valence electrons. The third-order valence-corrected chi connectivity index (χ3v) is 5.42. The van der Waals surface area contributed by atoms with Crippen LogP contribution in [0.1, 0.15) is 46.0 Å². The van der Waals surface area contributed by atoms with E-state index in [1.165, 1.54) is 12.8 Å². The molecule has 0 saturated carbocycles. The first-order chi connectivity index (χ1) is 8.10. The van der Waals surface area contributed by atoms with Crippen LogP contribution in [0.3, 0.4) is 0 Å². The highest BCUT2D eigenvalue weighted by Gasteiger charge is 2.28. The lowest BCUT2D eigenvalue weighted by molar-refractivity contribution is 0.442. The van der Waals surface area contributed by atoms with Crippen molar-refractivity contribution in [1.29, 1.82) is 0 Å². The molecule has 0 aliphatic carbocycles. The zero-order chi connectivity index (χ0) is 12.7. The van der Waals surface area contributed by atoms with Crippen LogP contribution in [0.2, 0.25) is 0 Å². The zero-order valence-corrected chi connectivity index (χ0v) is 11.9. The van der Waals surface area contributed by atoms with Gasteiger partial charge in [0.25, 0.3) is 0 Å². The maximum Gasteiger partial charge on any atom is 0.215 e. The second-order valence-corrected chi connectivity index (χ2v) is 6.97. The van der Waals surface area contributed by atoms with Crippen LogP contribution in [0.15, 0.2) is 0 Å². The maximum absolute atomic E-state index is 12.0. The third-order valence-electron chi connectivity index (χ3n) is 3.57. The first-order valence-electron chi connectivity index (χ1n) is 6.79. The van der Waals surface area contributed by atoms with E-state index in [2.05, 4.69) is 23.9 Å². The number of sulfonamides is 1. The van der Waals surface area contributed by atoms with Crippen molar-refractivity contribution < 1.29 is 8.42 Å². The minimum absolute atomic E-state index is 0.230. The van der Waals surface area contributed by atoms with Gasteiger partial charge in [-0.25, -0.2) is 13.1 Å². The molecule has 1 rings (SSSR count). The molecule has 4 nitrogen and oxygen atoms in total. The van der Waals surface area contributed by atoms with Gasteiger partial charge in [-0.3, -0.25) is 0 Å². The fourth-order valence-corrected chi connectivity index (χ4v) is 3.66. The number of hydrogen-bond donors (Lipinski definition) is 2. The van der Waals surface area contributed by atoms with Gasteiger partial charge in [0.1, 0.15) is 0 Å². The van der Waals surface area contributed by atoms with Gasteiger partial charge >= 0.3 is 0 Å². The Morgan fingerprint density at radius 2 is 2.18 bits per heavy atom. The highest BCUT2D eigenvalue weighted by molar-refractivity contribution is 7.90. The normalized spacial score (nSPS) is 22.8. The minimum atomic E-state index is -3.10. The lowest BCUT2D eigenvalue weighted by Crippen LogP contribution is -2.38. The average Bonchev–Trinajstić information content (AvgIpc) is 2.83. The lowest BCUT2D eigenvalue weighted by Gasteiger charge is -2.17. The van der Waals surface area contributed by atoms with E-state index in [0.717, 1.165) is 25.8 Å². The molecule has 1 heterocycles. The molecule has 5 heteroatoms. The van der Waals surface area contributed by atoms with Crippen LogP contribution < -0.4 is 10.0 Å². The van der Waals surface area contributed by atoms with Crippen molar-refractivity contribution in [3.05, 3.63) is 0 Å². The van der Waals surface area contributed by atoms with Crippen molar-refractivity contribution in [2.75, 3.05) is 19.6 Å². The first-order valence-corrected chi connectivity index (χ1v) is 8.34. The molecule has 17 heavy (non-hydrogen) atoms. The van der Waals surface area contributed by atoms with E-state index in [0.29, 0.717) is 19.0 Å². The number of nitrogens with one attached hydrogen (secondary N) is 2. The summed E-state index contributed by atoms with van der Waals surface area (Å²) in [6.45, 7) is 6.32. The summed E-state index contributed by atoms with van der Waals surface area (Å²) in [5.74, 6) is 0.485. The van der Waals surface area contributed by atoms with E-state index in [-0.39, 0.29) is 5.25 Å². The summed E-state index contributed by atoms with van der Waals surface area (Å²) >= 11 is 0. The topological polar surface area (TPSA) is 58.2 Å². The van der Waals surface area contributed by atoms with Gasteiger partial charge in [0, 0.05) is 13.1 Å². The molecular formula is C12H26N2O2S. The Morgan fingerprint density at radius 1 is 1.41 bits per heavy atom. The second kappa shape index (κ2) is 7.34. The van der Waals surface area contributed by atoms with E-state index in [4.69, 9.17) is 0 Å². The number of rotatable bonds is 8. The van der Waals surface area contributed by atoms with Crippen molar-refractivity contribution in [2.24, 2.45) is 5.92 Å². The molecule has 0 radical (unpaired) electrons. The molecule has 0 aromatic heterocycles. The Morgan fingerprint density at radius 3 is 2.71 bits per heavy atom. The predicted molar refractivity (Wildman–Crippen MR) is 71.5 cm³/mol. The van der Waals surface area contributed by atoms with Gasteiger partial charge in [0.15, 0.2) is 0 Å². The standard InChI is InChI=1S/C12H26N2O2S/c1-3-5-6-11(4-2)9-14-17(15,16)12-7-8-13-10-12/h11-14H,3-10H2,1-2H3. The first kappa shape index (κ1) is 14.9. The molecule has 2 N–H and O–H groups in total. The molecule has 1 aliphatic heterocycles. The highest BCUT2D eigenvalue weighted by Crippen LogP contribution is 2.13. The lowest BCUT2D eigenvalue weighted by atomic mass is 10.00. The molecule has 2 unspecified atom stereocenters. The summed E-state index contributed by atoms with van der Waals surface area (Å²) < 4.78 is 26.7. The molecule has 0 bridgehead atoms.